The van der Waals surface area contributed by atoms with Gasteiger partial charge in [-0.3, -0.25) is 10.1 Å². The minimum absolute atomic E-state index is 0.121. The molecule has 0 fully saturated rings. The van der Waals surface area contributed by atoms with E-state index in [2.05, 4.69) is 22.5 Å². The van der Waals surface area contributed by atoms with Gasteiger partial charge in [-0.15, -0.1) is 0 Å². The number of oxazole rings is 1. The Kier molecular flexibility index (Phi) is 6.70. The molecule has 33 heavy (non-hydrogen) atoms. The number of nitrogens with zero attached hydrogens (tertiary/aromatic N) is 1. The summed E-state index contributed by atoms with van der Waals surface area (Å²) in [5, 5.41) is 5.95. The fourth-order valence-electron chi connectivity index (χ4n) is 3.22. The summed E-state index contributed by atoms with van der Waals surface area (Å²) in [5.74, 6) is 0.953. The first-order valence-corrected chi connectivity index (χ1v) is 11.2. The lowest BCUT2D eigenvalue weighted by Crippen LogP contribution is -2.34. The molecule has 2 N–H and O–H groups in total. The average Bonchev–Trinajstić information content (AvgIpc) is 3.23. The fourth-order valence-corrected chi connectivity index (χ4v) is 3.43. The van der Waals surface area contributed by atoms with Crippen molar-refractivity contribution in [2.45, 2.75) is 33.3 Å². The largest absolute Gasteiger partial charge is 0.491 e. The highest BCUT2D eigenvalue weighted by atomic mass is 32.1. The standard InChI is InChI=1S/C26H25N3O3S/c1-4-17(3)31-21-11-9-18(10-12-21)24(30)29-26(33)27-20-7-5-6-19(15-20)25-28-22-13-8-16(2)14-23(22)32-25/h5-15,17H,4H2,1-3H3,(H2,27,29,30,33)/t17-/m1/s1. The van der Waals surface area contributed by atoms with Gasteiger partial charge in [-0.05, 0) is 92.6 Å². The van der Waals surface area contributed by atoms with Crippen molar-refractivity contribution >= 4 is 40.0 Å². The van der Waals surface area contributed by atoms with Gasteiger partial charge in [-0.25, -0.2) is 4.98 Å². The van der Waals surface area contributed by atoms with Crippen LogP contribution in [0.3, 0.4) is 0 Å². The Morgan fingerprint density at radius 3 is 2.67 bits per heavy atom. The number of hydrogen-bond donors (Lipinski definition) is 2. The van der Waals surface area contributed by atoms with Gasteiger partial charge in [0, 0.05) is 16.8 Å². The summed E-state index contributed by atoms with van der Waals surface area (Å²) < 4.78 is 11.7. The minimum atomic E-state index is -0.298. The number of anilines is 1. The highest BCUT2D eigenvalue weighted by Gasteiger charge is 2.12. The molecule has 7 heteroatoms. The number of fused-ring (bicyclic) bond motifs is 1. The van der Waals surface area contributed by atoms with E-state index in [-0.39, 0.29) is 17.1 Å². The lowest BCUT2D eigenvalue weighted by molar-refractivity contribution is 0.0977. The van der Waals surface area contributed by atoms with Gasteiger partial charge in [-0.2, -0.15) is 0 Å². The van der Waals surface area contributed by atoms with Crippen molar-refractivity contribution in [3.05, 3.63) is 77.9 Å². The molecule has 0 aliphatic rings. The van der Waals surface area contributed by atoms with Gasteiger partial charge >= 0.3 is 0 Å². The van der Waals surface area contributed by atoms with Crippen LogP contribution in [0.5, 0.6) is 5.75 Å². The molecule has 1 heterocycles. The number of carbonyl (C=O) groups is 1. The van der Waals surface area contributed by atoms with Crippen LogP contribution in [0.2, 0.25) is 0 Å². The van der Waals surface area contributed by atoms with E-state index < -0.39 is 0 Å². The molecule has 0 saturated heterocycles. The molecule has 0 aliphatic carbocycles. The number of benzene rings is 3. The number of amides is 1. The number of hydrogen-bond acceptors (Lipinski definition) is 5. The zero-order chi connectivity index (χ0) is 23.4. The van der Waals surface area contributed by atoms with Crippen LogP contribution in [0.1, 0.15) is 36.2 Å². The van der Waals surface area contributed by atoms with Gasteiger partial charge in [0.2, 0.25) is 5.89 Å². The highest BCUT2D eigenvalue weighted by Crippen LogP contribution is 2.26. The molecule has 1 atom stereocenters. The van der Waals surface area contributed by atoms with Crippen LogP contribution in [0.4, 0.5) is 5.69 Å². The maximum absolute atomic E-state index is 12.5. The van der Waals surface area contributed by atoms with Crippen molar-refractivity contribution in [1.82, 2.24) is 10.3 Å². The van der Waals surface area contributed by atoms with Crippen LogP contribution in [0.25, 0.3) is 22.6 Å². The number of thiocarbonyl (C=S) groups is 1. The topological polar surface area (TPSA) is 76.4 Å². The highest BCUT2D eigenvalue weighted by molar-refractivity contribution is 7.80. The van der Waals surface area contributed by atoms with E-state index in [1.54, 1.807) is 24.3 Å². The van der Waals surface area contributed by atoms with Gasteiger partial charge < -0.3 is 14.5 Å². The van der Waals surface area contributed by atoms with Crippen LogP contribution in [0.15, 0.2) is 71.1 Å². The van der Waals surface area contributed by atoms with Gasteiger partial charge in [0.25, 0.3) is 5.91 Å². The fraction of sp³-hybridized carbons (Fsp3) is 0.192. The van der Waals surface area contributed by atoms with E-state index in [4.69, 9.17) is 21.4 Å². The predicted octanol–water partition coefficient (Wildman–Crippen LogP) is 6.11. The second-order valence-corrected chi connectivity index (χ2v) is 8.25. The summed E-state index contributed by atoms with van der Waals surface area (Å²) in [6.07, 6.45) is 1.03. The Balaban J connectivity index is 1.40. The van der Waals surface area contributed by atoms with Crippen LogP contribution in [-0.2, 0) is 0 Å². The van der Waals surface area contributed by atoms with Crippen molar-refractivity contribution < 1.29 is 13.9 Å². The van der Waals surface area contributed by atoms with E-state index in [0.29, 0.717) is 17.1 Å². The molecule has 4 rings (SSSR count). The monoisotopic (exact) mass is 459 g/mol. The number of ether oxygens (including phenoxy) is 1. The maximum atomic E-state index is 12.5. The van der Waals surface area contributed by atoms with Gasteiger partial charge in [-0.1, -0.05) is 19.1 Å². The molecule has 0 spiro atoms. The predicted molar refractivity (Wildman–Crippen MR) is 135 cm³/mol. The zero-order valence-corrected chi connectivity index (χ0v) is 19.5. The van der Waals surface area contributed by atoms with E-state index >= 15 is 0 Å². The maximum Gasteiger partial charge on any atom is 0.257 e. The third-order valence-electron chi connectivity index (χ3n) is 5.17. The van der Waals surface area contributed by atoms with Crippen molar-refractivity contribution in [3.63, 3.8) is 0 Å². The quantitative estimate of drug-likeness (QED) is 0.339. The first kappa shape index (κ1) is 22.5. The summed E-state index contributed by atoms with van der Waals surface area (Å²) in [7, 11) is 0. The lowest BCUT2D eigenvalue weighted by Gasteiger charge is -2.13. The smallest absolute Gasteiger partial charge is 0.257 e. The average molecular weight is 460 g/mol. The molecular weight excluding hydrogens is 434 g/mol. The second-order valence-electron chi connectivity index (χ2n) is 7.84. The molecule has 168 valence electrons. The minimum Gasteiger partial charge on any atom is -0.491 e. The molecule has 1 amide bonds. The van der Waals surface area contributed by atoms with Gasteiger partial charge in [0.05, 0.1) is 6.10 Å². The number of aromatic nitrogens is 1. The Morgan fingerprint density at radius 1 is 1.12 bits per heavy atom. The van der Waals surface area contributed by atoms with E-state index in [0.717, 1.165) is 34.4 Å². The first-order valence-electron chi connectivity index (χ1n) is 10.8. The molecule has 0 saturated carbocycles. The number of rotatable bonds is 6. The first-order chi connectivity index (χ1) is 15.9. The molecule has 4 aromatic rings. The molecule has 0 aliphatic heterocycles. The Hall–Kier alpha value is -3.71. The Labute approximate surface area is 198 Å². The summed E-state index contributed by atoms with van der Waals surface area (Å²) >= 11 is 5.33. The van der Waals surface area contributed by atoms with Crippen molar-refractivity contribution in [2.75, 3.05) is 5.32 Å². The van der Waals surface area contributed by atoms with Crippen LogP contribution in [-0.4, -0.2) is 22.1 Å². The van der Waals surface area contributed by atoms with Crippen molar-refractivity contribution in [2.24, 2.45) is 0 Å². The molecular formula is C26H25N3O3S. The Morgan fingerprint density at radius 2 is 1.91 bits per heavy atom. The molecule has 6 nitrogen and oxygen atoms in total. The van der Waals surface area contributed by atoms with Crippen molar-refractivity contribution in [1.29, 1.82) is 0 Å². The van der Waals surface area contributed by atoms with Gasteiger partial charge in [0.1, 0.15) is 11.3 Å². The number of nitrogens with one attached hydrogen (secondary N) is 2. The third-order valence-corrected chi connectivity index (χ3v) is 5.37. The number of aryl methyl sites for hydroxylation is 1. The molecule has 1 aromatic heterocycles. The van der Waals surface area contributed by atoms with E-state index in [1.807, 2.05) is 56.3 Å². The van der Waals surface area contributed by atoms with Crippen LogP contribution < -0.4 is 15.4 Å². The summed E-state index contributed by atoms with van der Waals surface area (Å²) in [4.78, 5) is 17.1. The summed E-state index contributed by atoms with van der Waals surface area (Å²) in [5.41, 5.74) is 4.67. The zero-order valence-electron chi connectivity index (χ0n) is 18.7. The lowest BCUT2D eigenvalue weighted by atomic mass is 10.2. The molecule has 3 aromatic carbocycles. The molecule has 0 unspecified atom stereocenters. The second kappa shape index (κ2) is 9.83. The van der Waals surface area contributed by atoms with Crippen LogP contribution >= 0.6 is 12.2 Å². The van der Waals surface area contributed by atoms with Gasteiger partial charge in [0.15, 0.2) is 10.7 Å². The summed E-state index contributed by atoms with van der Waals surface area (Å²) in [6, 6.07) is 20.4. The summed E-state index contributed by atoms with van der Waals surface area (Å²) in [6.45, 7) is 6.07. The van der Waals surface area contributed by atoms with Crippen molar-refractivity contribution in [3.8, 4) is 17.2 Å². The SMILES string of the molecule is CC[C@@H](C)Oc1ccc(C(=O)NC(=S)Nc2cccc(-c3nc4ccc(C)cc4o3)c2)cc1. The van der Waals surface area contributed by atoms with Crippen LogP contribution in [0, 0.1) is 6.92 Å². The third kappa shape index (κ3) is 5.56. The van der Waals surface area contributed by atoms with E-state index in [9.17, 15) is 4.79 Å². The number of carbonyl (C=O) groups excluding carboxylic acids is 1. The Bertz CT molecular complexity index is 1300. The molecule has 0 bridgehead atoms. The molecule has 0 radical (unpaired) electrons. The van der Waals surface area contributed by atoms with E-state index in [1.165, 1.54) is 0 Å². The normalized spacial score (nSPS) is 11.7.